The van der Waals surface area contributed by atoms with Gasteiger partial charge in [-0.25, -0.2) is 0 Å². The molecule has 17 heteroatoms. The van der Waals surface area contributed by atoms with E-state index in [-0.39, 0.29) is 0 Å². The van der Waals surface area contributed by atoms with Crippen molar-refractivity contribution in [1.82, 2.24) is 0 Å². The first-order valence-electron chi connectivity index (χ1n) is 8.86. The van der Waals surface area contributed by atoms with Crippen LogP contribution in [0, 0.1) is 0 Å². The van der Waals surface area contributed by atoms with Crippen LogP contribution in [0.1, 0.15) is 27.7 Å². The summed E-state index contributed by atoms with van der Waals surface area (Å²) in [6.45, 7) is 3.32. The minimum Gasteiger partial charge on any atom is -0.463 e. The van der Waals surface area contributed by atoms with Crippen LogP contribution < -0.4 is 0 Å². The van der Waals surface area contributed by atoms with E-state index in [1.807, 2.05) is 0 Å². The van der Waals surface area contributed by atoms with E-state index in [1.165, 1.54) is 0 Å². The van der Waals surface area contributed by atoms with Crippen molar-refractivity contribution in [2.75, 3.05) is 12.5 Å². The lowest BCUT2D eigenvalue weighted by Gasteiger charge is -2.44. The van der Waals surface area contributed by atoms with Crippen LogP contribution in [0.3, 0.4) is 0 Å². The summed E-state index contributed by atoms with van der Waals surface area (Å²) in [6, 6.07) is 0. The number of hydrogen-bond donors (Lipinski definition) is 3. The molecule has 3 N–H and O–H groups in total. The van der Waals surface area contributed by atoms with E-state index in [2.05, 4.69) is 0 Å². The summed E-state index contributed by atoms with van der Waals surface area (Å²) in [5.74, 6) is -5.22. The molecule has 184 valence electrons. The molecule has 0 spiro atoms. The molecule has 1 rings (SSSR count). The van der Waals surface area contributed by atoms with Gasteiger partial charge in [-0.2, -0.15) is 0 Å². The van der Waals surface area contributed by atoms with Gasteiger partial charge < -0.3 is 38.4 Å². The minimum absolute atomic E-state index is 0.619. The van der Waals surface area contributed by atoms with E-state index >= 15 is 0 Å². The Balaban J connectivity index is 3.43. The van der Waals surface area contributed by atoms with Gasteiger partial charge in [-0.3, -0.25) is 32.8 Å². The van der Waals surface area contributed by atoms with E-state index in [1.54, 1.807) is 0 Å². The largest absolute Gasteiger partial charge is 0.463 e. The molecule has 15 nitrogen and oxygen atoms in total. The van der Waals surface area contributed by atoms with Crippen LogP contribution in [0.25, 0.3) is 0 Å². The average molecular weight is 506 g/mol. The molecule has 32 heavy (non-hydrogen) atoms. The molecule has 0 saturated carbocycles. The van der Waals surface area contributed by atoms with Crippen molar-refractivity contribution in [3.8, 4) is 0 Å². The Hall–Kier alpha value is -1.86. The van der Waals surface area contributed by atoms with Crippen molar-refractivity contribution in [1.29, 1.82) is 0 Å². The lowest BCUT2D eigenvalue weighted by Crippen LogP contribution is -2.62. The summed E-state index contributed by atoms with van der Waals surface area (Å²) in [5.41, 5.74) is 0. The number of ether oxygens (including phenoxy) is 5. The second kappa shape index (κ2) is 11.3. The highest BCUT2D eigenvalue weighted by molar-refractivity contribution is 7.70. The van der Waals surface area contributed by atoms with Crippen molar-refractivity contribution in [3.05, 3.63) is 0 Å². The zero-order chi connectivity index (χ0) is 24.9. The second-order valence-corrected chi connectivity index (χ2v) is 10.6. The third-order valence-corrected chi connectivity index (χ3v) is 7.02. The van der Waals surface area contributed by atoms with Crippen molar-refractivity contribution < 1.29 is 71.2 Å². The Morgan fingerprint density at radius 1 is 0.781 bits per heavy atom. The fraction of sp³-hybridized carbons (Fsp3) is 0.733. The number of carbonyl (C=O) groups excluding carboxylic acids is 4. The monoisotopic (exact) mass is 506 g/mol. The average Bonchev–Trinajstić information content (AvgIpc) is 2.54. The van der Waals surface area contributed by atoms with Crippen molar-refractivity contribution in [2.24, 2.45) is 0 Å². The predicted octanol–water partition coefficient (Wildman–Crippen LogP) is -0.593. The van der Waals surface area contributed by atoms with Gasteiger partial charge in [-0.05, 0) is 0 Å². The van der Waals surface area contributed by atoms with E-state index in [4.69, 9.17) is 38.0 Å². The quantitative estimate of drug-likeness (QED) is 0.202. The number of rotatable bonds is 9. The lowest BCUT2D eigenvalue weighted by atomic mass is 9.98. The number of carbonyl (C=O) groups is 4. The summed E-state index contributed by atoms with van der Waals surface area (Å²) >= 11 is 0. The summed E-state index contributed by atoms with van der Waals surface area (Å²) in [7, 11) is -10.1. The van der Waals surface area contributed by atoms with Crippen molar-refractivity contribution >= 4 is 39.1 Å². The van der Waals surface area contributed by atoms with Crippen LogP contribution in [0.15, 0.2) is 0 Å². The first kappa shape index (κ1) is 28.2. The van der Waals surface area contributed by atoms with Crippen LogP contribution in [-0.4, -0.2) is 81.8 Å². The Morgan fingerprint density at radius 3 is 1.69 bits per heavy atom. The molecule has 1 aliphatic rings. The molecule has 0 radical (unpaired) electrons. The Kier molecular flexibility index (Phi) is 9.97. The van der Waals surface area contributed by atoms with Gasteiger partial charge in [0.1, 0.15) is 12.7 Å². The van der Waals surface area contributed by atoms with Gasteiger partial charge in [0.15, 0.2) is 24.2 Å². The summed E-state index contributed by atoms with van der Waals surface area (Å²) in [5, 5.41) is 0. The molecule has 1 saturated heterocycles. The highest BCUT2D eigenvalue weighted by Gasteiger charge is 2.54. The molecule has 1 fully saturated rings. The Labute approximate surface area is 181 Å². The Morgan fingerprint density at radius 2 is 1.25 bits per heavy atom. The van der Waals surface area contributed by atoms with E-state index < -0.39 is 82.3 Å². The van der Waals surface area contributed by atoms with E-state index in [0.29, 0.717) is 0 Å². The molecular weight excluding hydrogens is 482 g/mol. The van der Waals surface area contributed by atoms with Gasteiger partial charge in [0.05, 0.1) is 0 Å². The van der Waals surface area contributed by atoms with Gasteiger partial charge in [0.2, 0.25) is 6.29 Å². The maximum Gasteiger partial charge on any atom is 0.342 e. The van der Waals surface area contributed by atoms with Crippen LogP contribution in [0.4, 0.5) is 0 Å². The molecule has 0 aliphatic carbocycles. The molecule has 1 aliphatic heterocycles. The highest BCUT2D eigenvalue weighted by Crippen LogP contribution is 2.56. The zero-order valence-electron chi connectivity index (χ0n) is 17.4. The van der Waals surface area contributed by atoms with Crippen molar-refractivity contribution in [3.63, 3.8) is 0 Å². The molecule has 0 aromatic carbocycles. The van der Waals surface area contributed by atoms with Crippen LogP contribution in [-0.2, 0) is 56.5 Å². The smallest absolute Gasteiger partial charge is 0.342 e. The first-order valence-corrected chi connectivity index (χ1v) is 12.4. The normalized spacial score (nSPS) is 27.5. The molecular formula is C15H24O15P2. The van der Waals surface area contributed by atoms with Gasteiger partial charge in [0, 0.05) is 27.7 Å². The molecule has 1 heterocycles. The molecule has 0 amide bonds. The topological polar surface area (TPSA) is 218 Å². The fourth-order valence-corrected chi connectivity index (χ4v) is 5.33. The summed E-state index contributed by atoms with van der Waals surface area (Å²) in [6.07, 6.45) is -8.52. The standard InChI is InChI=1S/C15H24O15P2/c1-7(16)25-5-11-12(26-8(2)17)13(27-9(3)18)14(28-10(4)19)15(29-11)30-32(23,24)6-31(20,21)22/h11-15H,5-6H2,1-4H3,(H,23,24)(H2,20,21,22)/t11-,12-,13+,14-,15-/m1/s1. The molecule has 6 atom stereocenters. The van der Waals surface area contributed by atoms with E-state index in [0.717, 1.165) is 27.7 Å². The maximum atomic E-state index is 12.2. The number of esters is 4. The van der Waals surface area contributed by atoms with Crippen LogP contribution >= 0.6 is 15.2 Å². The fourth-order valence-electron chi connectivity index (χ4n) is 2.70. The summed E-state index contributed by atoms with van der Waals surface area (Å²) in [4.78, 5) is 73.9. The zero-order valence-corrected chi connectivity index (χ0v) is 19.2. The molecule has 1 unspecified atom stereocenters. The van der Waals surface area contributed by atoms with Gasteiger partial charge in [0.25, 0.3) is 0 Å². The van der Waals surface area contributed by atoms with Gasteiger partial charge in [-0.1, -0.05) is 0 Å². The first-order chi connectivity index (χ1) is 14.5. The third-order valence-electron chi connectivity index (χ3n) is 3.58. The van der Waals surface area contributed by atoms with Gasteiger partial charge >= 0.3 is 39.1 Å². The van der Waals surface area contributed by atoms with Crippen molar-refractivity contribution in [2.45, 2.75) is 58.4 Å². The third kappa shape index (κ3) is 9.74. The van der Waals surface area contributed by atoms with Crippen LogP contribution in [0.5, 0.6) is 0 Å². The molecule has 0 aromatic heterocycles. The van der Waals surface area contributed by atoms with Crippen LogP contribution in [0.2, 0.25) is 0 Å². The SMILES string of the molecule is CC(=O)OC[C@H]1O[C@H](OP(=O)(O)CP(=O)(O)O)[C@H](OC(C)=O)[C@@H](OC(C)=O)[C@@H]1OC(C)=O. The second-order valence-electron chi connectivity index (χ2n) is 6.62. The van der Waals surface area contributed by atoms with Gasteiger partial charge in [-0.15, -0.1) is 0 Å². The predicted molar refractivity (Wildman–Crippen MR) is 99.8 cm³/mol. The molecule has 0 aromatic rings. The number of hydrogen-bond acceptors (Lipinski definition) is 12. The maximum absolute atomic E-state index is 12.2. The minimum atomic E-state index is -5.07. The summed E-state index contributed by atoms with van der Waals surface area (Å²) < 4.78 is 53.6. The molecule has 0 bridgehead atoms. The Bertz CT molecular complexity index is 820. The highest BCUT2D eigenvalue weighted by atomic mass is 31.2. The van der Waals surface area contributed by atoms with E-state index in [9.17, 15) is 33.2 Å². The lowest BCUT2D eigenvalue weighted by molar-refractivity contribution is -0.289.